The summed E-state index contributed by atoms with van der Waals surface area (Å²) in [7, 11) is 2.19. The van der Waals surface area contributed by atoms with Crippen LogP contribution in [0.4, 0.5) is 10.6 Å². The summed E-state index contributed by atoms with van der Waals surface area (Å²) < 4.78 is 8.18. The standard InChI is InChI=1S/C26H29N7O2.C6H13N.2H2/c1-16-28-22(26(2,3)4)13-23(29-16)31-25(34)30-20-10-11-21(19-8-6-5-7-18(19)20)35-17-9-12-24-32-27-15-33(24)14-17;1-6-4-3-5-7(6)2;;/h5-9,12-15,20-21H,10-11H2,1-4H3,(H2,28,29,30,31,34);6H,3-5H2,1-2H3;2*1H/t20-,21+;6-;;/m00../s1. The van der Waals surface area contributed by atoms with Gasteiger partial charge >= 0.3 is 6.03 Å². The molecule has 1 aromatic carbocycles. The Morgan fingerprint density at radius 1 is 1.07 bits per heavy atom. The molecule has 1 aliphatic carbocycles. The molecule has 10 heteroatoms. The number of carbonyl (C=O) groups excluding carboxylic acids is 1. The highest BCUT2D eigenvalue weighted by atomic mass is 16.5. The van der Waals surface area contributed by atoms with Gasteiger partial charge in [-0.3, -0.25) is 9.72 Å². The van der Waals surface area contributed by atoms with E-state index in [0.29, 0.717) is 11.6 Å². The zero-order chi connectivity index (χ0) is 29.9. The fraction of sp³-hybridized carbons (Fsp3) is 0.469. The number of aromatic nitrogens is 5. The Kier molecular flexibility index (Phi) is 8.72. The average Bonchev–Trinajstić information content (AvgIpc) is 3.57. The first-order valence-electron chi connectivity index (χ1n) is 14.8. The molecule has 0 spiro atoms. The monoisotopic (exact) mass is 574 g/mol. The highest BCUT2D eigenvalue weighted by Gasteiger charge is 2.29. The van der Waals surface area contributed by atoms with E-state index >= 15 is 0 Å². The molecule has 2 aliphatic rings. The van der Waals surface area contributed by atoms with Crippen LogP contribution in [0.5, 0.6) is 5.75 Å². The zero-order valence-electron chi connectivity index (χ0n) is 25.5. The summed E-state index contributed by atoms with van der Waals surface area (Å²) in [5, 5.41) is 14.0. The second-order valence-electron chi connectivity index (χ2n) is 12.3. The summed E-state index contributed by atoms with van der Waals surface area (Å²) >= 11 is 0. The number of nitrogens with one attached hydrogen (secondary N) is 2. The number of benzene rings is 1. The third-order valence-electron chi connectivity index (χ3n) is 8.02. The molecular weight excluding hydrogens is 528 g/mol. The highest BCUT2D eigenvalue weighted by Crippen LogP contribution is 2.38. The van der Waals surface area contributed by atoms with Crippen molar-refractivity contribution in [3.8, 4) is 5.75 Å². The maximum absolute atomic E-state index is 12.9. The van der Waals surface area contributed by atoms with Crippen molar-refractivity contribution in [2.75, 3.05) is 18.9 Å². The van der Waals surface area contributed by atoms with E-state index in [4.69, 9.17) is 4.74 Å². The van der Waals surface area contributed by atoms with Gasteiger partial charge in [-0.15, -0.1) is 10.2 Å². The Morgan fingerprint density at radius 3 is 2.55 bits per heavy atom. The first kappa shape index (κ1) is 29.4. The smallest absolute Gasteiger partial charge is 0.320 e. The topological polar surface area (TPSA) is 110 Å². The van der Waals surface area contributed by atoms with Gasteiger partial charge in [-0.1, -0.05) is 45.0 Å². The molecule has 1 aliphatic heterocycles. The molecule has 0 bridgehead atoms. The van der Waals surface area contributed by atoms with Gasteiger partial charge in [-0.25, -0.2) is 14.8 Å². The average molecular weight is 575 g/mol. The molecule has 3 aromatic heterocycles. The van der Waals surface area contributed by atoms with Crippen molar-refractivity contribution in [1.82, 2.24) is 34.8 Å². The molecule has 4 aromatic rings. The zero-order valence-corrected chi connectivity index (χ0v) is 25.5. The number of urea groups is 1. The Hall–Kier alpha value is -4.05. The summed E-state index contributed by atoms with van der Waals surface area (Å²) in [5.74, 6) is 1.87. The lowest BCUT2D eigenvalue weighted by molar-refractivity contribution is 0.171. The maximum Gasteiger partial charge on any atom is 0.320 e. The largest absolute Gasteiger partial charge is 0.484 e. The molecule has 0 saturated carbocycles. The number of likely N-dealkylation sites (tertiary alicyclic amines) is 1. The van der Waals surface area contributed by atoms with Gasteiger partial charge in [0.15, 0.2) is 5.65 Å². The Labute approximate surface area is 250 Å². The van der Waals surface area contributed by atoms with Crippen molar-refractivity contribution in [2.45, 2.75) is 83.9 Å². The number of ether oxygens (including phenoxy) is 1. The third-order valence-corrected chi connectivity index (χ3v) is 8.02. The van der Waals surface area contributed by atoms with Gasteiger partial charge in [0.1, 0.15) is 29.8 Å². The quantitative estimate of drug-likeness (QED) is 0.287. The second kappa shape index (κ2) is 12.4. The van der Waals surface area contributed by atoms with Crippen molar-refractivity contribution < 1.29 is 12.4 Å². The van der Waals surface area contributed by atoms with Crippen LogP contribution >= 0.6 is 0 Å². The molecule has 10 nitrogen and oxygen atoms in total. The summed E-state index contributed by atoms with van der Waals surface area (Å²) in [6, 6.07) is 14.1. The Bertz CT molecular complexity index is 1530. The molecular formula is C32H46N8O2. The summed E-state index contributed by atoms with van der Waals surface area (Å²) in [4.78, 5) is 24.2. The van der Waals surface area contributed by atoms with E-state index < -0.39 is 0 Å². The maximum atomic E-state index is 12.9. The minimum absolute atomic E-state index is 0. The fourth-order valence-electron chi connectivity index (χ4n) is 5.47. The molecule has 0 radical (unpaired) electrons. The lowest BCUT2D eigenvalue weighted by Gasteiger charge is -2.32. The van der Waals surface area contributed by atoms with E-state index in [1.54, 1.807) is 6.33 Å². The van der Waals surface area contributed by atoms with Crippen LogP contribution in [0.15, 0.2) is 55.0 Å². The van der Waals surface area contributed by atoms with Crippen molar-refractivity contribution >= 4 is 17.5 Å². The van der Waals surface area contributed by atoms with Crippen LogP contribution in [0.25, 0.3) is 5.65 Å². The van der Waals surface area contributed by atoms with Crippen LogP contribution in [-0.4, -0.2) is 55.1 Å². The SMILES string of the molecule is C[C@H]1CCCN1C.Cc1nc(NC(=O)N[C@H]2CC[C@@H](Oc3ccc4nncn4c3)c3ccccc32)cc(C(C)(C)C)n1.[HH].[HH]. The number of amides is 2. The van der Waals surface area contributed by atoms with Gasteiger partial charge < -0.3 is 15.0 Å². The van der Waals surface area contributed by atoms with Gasteiger partial charge in [0.05, 0.1) is 17.9 Å². The minimum atomic E-state index is -0.291. The molecule has 2 amide bonds. The molecule has 4 heterocycles. The molecule has 3 atom stereocenters. The van der Waals surface area contributed by atoms with Crippen LogP contribution in [0, 0.1) is 6.92 Å². The van der Waals surface area contributed by atoms with Gasteiger partial charge in [0.25, 0.3) is 0 Å². The number of anilines is 1. The molecule has 2 N–H and O–H groups in total. The number of fused-ring (bicyclic) bond motifs is 2. The molecule has 0 unspecified atom stereocenters. The van der Waals surface area contributed by atoms with Crippen LogP contribution in [0.3, 0.4) is 0 Å². The van der Waals surface area contributed by atoms with Crippen LogP contribution in [-0.2, 0) is 5.41 Å². The van der Waals surface area contributed by atoms with Crippen LogP contribution in [0.1, 0.15) is 91.0 Å². The molecule has 6 rings (SSSR count). The normalized spacial score (nSPS) is 20.4. The van der Waals surface area contributed by atoms with E-state index in [1.165, 1.54) is 19.4 Å². The number of hydrogen-bond acceptors (Lipinski definition) is 7. The van der Waals surface area contributed by atoms with Gasteiger partial charge in [0, 0.05) is 20.4 Å². The fourth-order valence-corrected chi connectivity index (χ4v) is 5.47. The first-order chi connectivity index (χ1) is 20.1. The number of pyridine rings is 1. The Balaban J connectivity index is 0.000000520. The summed E-state index contributed by atoms with van der Waals surface area (Å²) in [6.45, 7) is 11.7. The molecule has 226 valence electrons. The molecule has 1 fully saturated rings. The van der Waals surface area contributed by atoms with Crippen molar-refractivity contribution in [2.24, 2.45) is 0 Å². The van der Waals surface area contributed by atoms with E-state index in [1.807, 2.05) is 53.9 Å². The lowest BCUT2D eigenvalue weighted by Crippen LogP contribution is -2.36. The third kappa shape index (κ3) is 7.05. The number of hydrogen-bond donors (Lipinski definition) is 2. The van der Waals surface area contributed by atoms with Crippen LogP contribution < -0.4 is 15.4 Å². The van der Waals surface area contributed by atoms with E-state index in [9.17, 15) is 4.79 Å². The minimum Gasteiger partial charge on any atom is -0.484 e. The Morgan fingerprint density at radius 2 is 1.86 bits per heavy atom. The van der Waals surface area contributed by atoms with Crippen LogP contribution in [0.2, 0.25) is 0 Å². The van der Waals surface area contributed by atoms with E-state index in [0.717, 1.165) is 47.1 Å². The van der Waals surface area contributed by atoms with Crippen molar-refractivity contribution in [3.63, 3.8) is 0 Å². The van der Waals surface area contributed by atoms with Crippen molar-refractivity contribution in [3.05, 3.63) is 77.6 Å². The van der Waals surface area contributed by atoms with E-state index in [-0.39, 0.29) is 26.4 Å². The van der Waals surface area contributed by atoms with Gasteiger partial charge in [-0.2, -0.15) is 0 Å². The molecule has 42 heavy (non-hydrogen) atoms. The first-order valence-corrected chi connectivity index (χ1v) is 14.8. The van der Waals surface area contributed by atoms with Crippen molar-refractivity contribution in [1.29, 1.82) is 0 Å². The number of nitrogens with zero attached hydrogens (tertiary/aromatic N) is 6. The predicted octanol–water partition coefficient (Wildman–Crippen LogP) is 6.49. The highest BCUT2D eigenvalue weighted by molar-refractivity contribution is 5.88. The van der Waals surface area contributed by atoms with Gasteiger partial charge in [0.2, 0.25) is 0 Å². The number of rotatable bonds is 4. The molecule has 1 saturated heterocycles. The predicted molar refractivity (Wildman–Crippen MR) is 168 cm³/mol. The van der Waals surface area contributed by atoms with E-state index in [2.05, 4.69) is 76.5 Å². The van der Waals surface area contributed by atoms with Gasteiger partial charge in [-0.05, 0) is 76.4 Å². The summed E-state index contributed by atoms with van der Waals surface area (Å²) in [5.41, 5.74) is 3.63. The lowest BCUT2D eigenvalue weighted by atomic mass is 9.85. The summed E-state index contributed by atoms with van der Waals surface area (Å²) in [6.07, 6.45) is 7.74. The number of carbonyl (C=O) groups is 1. The second-order valence-corrected chi connectivity index (χ2v) is 12.3. The number of aryl methyl sites for hydroxylation is 1.